The Balaban J connectivity index is 2.61. The zero-order chi connectivity index (χ0) is 13.5. The van der Waals surface area contributed by atoms with Crippen molar-refractivity contribution in [2.75, 3.05) is 12.4 Å². The molecule has 1 atom stereocenters. The summed E-state index contributed by atoms with van der Waals surface area (Å²) in [4.78, 5) is 12.1. The maximum Gasteiger partial charge on any atom is 0.241 e. The molecule has 0 aliphatic rings. The second-order valence-electron chi connectivity index (χ2n) is 5.01. The molecule has 0 aliphatic carbocycles. The molecule has 1 unspecified atom stereocenters. The number of hydrogen-bond donors (Lipinski definition) is 2. The lowest BCUT2D eigenvalue weighted by molar-refractivity contribution is -0.118. The van der Waals surface area contributed by atoms with Gasteiger partial charge in [-0.25, -0.2) is 0 Å². The molecule has 2 N–H and O–H groups in total. The van der Waals surface area contributed by atoms with Crippen molar-refractivity contribution in [1.29, 1.82) is 0 Å². The number of carbonyl (C=O) groups is 1. The molecule has 0 bridgehead atoms. The fraction of sp³-hybridized carbons (Fsp3) is 0.533. The molecule has 0 saturated heterocycles. The largest absolute Gasteiger partial charge is 0.325 e. The van der Waals surface area contributed by atoms with Gasteiger partial charge in [0.25, 0.3) is 0 Å². The van der Waals surface area contributed by atoms with Crippen LogP contribution in [0.15, 0.2) is 24.3 Å². The molecule has 1 rings (SSSR count). The summed E-state index contributed by atoms with van der Waals surface area (Å²) >= 11 is 0. The average Bonchev–Trinajstić information content (AvgIpc) is 2.36. The summed E-state index contributed by atoms with van der Waals surface area (Å²) in [6.07, 6.45) is 1.86. The van der Waals surface area contributed by atoms with Crippen LogP contribution in [0.3, 0.4) is 0 Å². The van der Waals surface area contributed by atoms with Crippen LogP contribution in [0.2, 0.25) is 0 Å². The van der Waals surface area contributed by atoms with E-state index in [1.807, 2.05) is 31.3 Å². The van der Waals surface area contributed by atoms with Crippen LogP contribution in [0, 0.1) is 5.92 Å². The molecule has 0 spiro atoms. The summed E-state index contributed by atoms with van der Waals surface area (Å²) in [5, 5.41) is 6.01. The minimum absolute atomic E-state index is 0.0375. The highest BCUT2D eigenvalue weighted by molar-refractivity contribution is 5.94. The van der Waals surface area contributed by atoms with E-state index >= 15 is 0 Å². The van der Waals surface area contributed by atoms with Gasteiger partial charge in [0.15, 0.2) is 0 Å². The summed E-state index contributed by atoms with van der Waals surface area (Å²) in [6.45, 7) is 6.36. The molecule has 3 heteroatoms. The monoisotopic (exact) mass is 248 g/mol. The van der Waals surface area contributed by atoms with Crippen LogP contribution in [0.5, 0.6) is 0 Å². The van der Waals surface area contributed by atoms with Gasteiger partial charge in [-0.2, -0.15) is 0 Å². The number of anilines is 1. The molecule has 0 heterocycles. The third kappa shape index (κ3) is 4.49. The smallest absolute Gasteiger partial charge is 0.241 e. The van der Waals surface area contributed by atoms with E-state index in [4.69, 9.17) is 0 Å². The summed E-state index contributed by atoms with van der Waals surface area (Å²) < 4.78 is 0. The van der Waals surface area contributed by atoms with E-state index in [1.165, 1.54) is 5.56 Å². The molecule has 3 nitrogen and oxygen atoms in total. The highest BCUT2D eigenvalue weighted by atomic mass is 16.2. The minimum Gasteiger partial charge on any atom is -0.325 e. The van der Waals surface area contributed by atoms with Crippen LogP contribution < -0.4 is 10.6 Å². The van der Waals surface area contributed by atoms with Gasteiger partial charge in [0, 0.05) is 5.69 Å². The number of aryl methyl sites for hydroxylation is 1. The fourth-order valence-electron chi connectivity index (χ4n) is 1.88. The Bertz CT molecular complexity index is 371. The molecular formula is C15H24N2O. The number of amides is 1. The fourth-order valence-corrected chi connectivity index (χ4v) is 1.88. The molecule has 0 aliphatic heterocycles. The minimum atomic E-state index is -0.129. The lowest BCUT2D eigenvalue weighted by Gasteiger charge is -2.18. The van der Waals surface area contributed by atoms with Gasteiger partial charge in [0.05, 0.1) is 6.04 Å². The Morgan fingerprint density at radius 1 is 1.22 bits per heavy atom. The first-order valence-electron chi connectivity index (χ1n) is 6.63. The Hall–Kier alpha value is -1.35. The van der Waals surface area contributed by atoms with E-state index in [2.05, 4.69) is 31.4 Å². The van der Waals surface area contributed by atoms with Crippen LogP contribution in [0.25, 0.3) is 0 Å². The predicted molar refractivity (Wildman–Crippen MR) is 76.8 cm³/mol. The van der Waals surface area contributed by atoms with Crippen molar-refractivity contribution >= 4 is 11.6 Å². The second-order valence-corrected chi connectivity index (χ2v) is 5.01. The average molecular weight is 248 g/mol. The highest BCUT2D eigenvalue weighted by Crippen LogP contribution is 2.12. The van der Waals surface area contributed by atoms with Crippen LogP contribution in [0.4, 0.5) is 5.69 Å². The van der Waals surface area contributed by atoms with Gasteiger partial charge < -0.3 is 10.6 Å². The lowest BCUT2D eigenvalue weighted by atomic mass is 10.0. The van der Waals surface area contributed by atoms with E-state index < -0.39 is 0 Å². The van der Waals surface area contributed by atoms with Crippen molar-refractivity contribution in [3.05, 3.63) is 29.8 Å². The zero-order valence-electron chi connectivity index (χ0n) is 11.8. The molecule has 0 saturated carbocycles. The second kappa shape index (κ2) is 7.17. The van der Waals surface area contributed by atoms with E-state index in [0.29, 0.717) is 5.92 Å². The molecule has 0 aromatic heterocycles. The molecule has 100 valence electrons. The van der Waals surface area contributed by atoms with E-state index in [0.717, 1.165) is 18.5 Å². The number of nitrogens with one attached hydrogen (secondary N) is 2. The van der Waals surface area contributed by atoms with E-state index in [1.54, 1.807) is 0 Å². The standard InChI is InChI=1S/C15H24N2O/c1-5-12-6-8-13(9-7-12)17-15(18)14(16-4)10-11(2)3/h6-9,11,14,16H,5,10H2,1-4H3,(H,17,18). The van der Waals surface area contributed by atoms with Crippen LogP contribution in [-0.4, -0.2) is 19.0 Å². The predicted octanol–water partition coefficient (Wildman–Crippen LogP) is 2.82. The number of carbonyl (C=O) groups excluding carboxylic acids is 1. The van der Waals surface area contributed by atoms with Crippen molar-refractivity contribution < 1.29 is 4.79 Å². The van der Waals surface area contributed by atoms with Gasteiger partial charge in [-0.15, -0.1) is 0 Å². The zero-order valence-corrected chi connectivity index (χ0v) is 11.8. The van der Waals surface area contributed by atoms with E-state index in [-0.39, 0.29) is 11.9 Å². The van der Waals surface area contributed by atoms with Gasteiger partial charge >= 0.3 is 0 Å². The Kier molecular flexibility index (Phi) is 5.86. The SMILES string of the molecule is CCc1ccc(NC(=O)C(CC(C)C)NC)cc1. The maximum atomic E-state index is 12.1. The molecule has 18 heavy (non-hydrogen) atoms. The quantitative estimate of drug-likeness (QED) is 0.813. The van der Waals surface area contributed by atoms with Crippen LogP contribution in [0.1, 0.15) is 32.8 Å². The van der Waals surface area contributed by atoms with Gasteiger partial charge in [0.2, 0.25) is 5.91 Å². The topological polar surface area (TPSA) is 41.1 Å². The first kappa shape index (κ1) is 14.7. The summed E-state index contributed by atoms with van der Waals surface area (Å²) in [7, 11) is 1.83. The van der Waals surface area contributed by atoms with Crippen molar-refractivity contribution in [3.63, 3.8) is 0 Å². The van der Waals surface area contributed by atoms with E-state index in [9.17, 15) is 4.79 Å². The van der Waals surface area contributed by atoms with Gasteiger partial charge in [-0.3, -0.25) is 4.79 Å². The maximum absolute atomic E-state index is 12.1. The van der Waals surface area contributed by atoms with Crippen LogP contribution in [-0.2, 0) is 11.2 Å². The first-order valence-corrected chi connectivity index (χ1v) is 6.63. The molecule has 1 aromatic rings. The summed E-state index contributed by atoms with van der Waals surface area (Å²) in [5.74, 6) is 0.533. The number of likely N-dealkylation sites (N-methyl/N-ethyl adjacent to an activating group) is 1. The van der Waals surface area contributed by atoms with Crippen molar-refractivity contribution in [2.45, 2.75) is 39.7 Å². The highest BCUT2D eigenvalue weighted by Gasteiger charge is 2.17. The Labute approximate surface area is 110 Å². The lowest BCUT2D eigenvalue weighted by Crippen LogP contribution is -2.39. The third-order valence-electron chi connectivity index (χ3n) is 3.00. The summed E-state index contributed by atoms with van der Waals surface area (Å²) in [6, 6.07) is 7.88. The van der Waals surface area contributed by atoms with Crippen molar-refractivity contribution in [2.24, 2.45) is 5.92 Å². The number of benzene rings is 1. The van der Waals surface area contributed by atoms with Crippen molar-refractivity contribution in [3.8, 4) is 0 Å². The summed E-state index contributed by atoms with van der Waals surface area (Å²) in [5.41, 5.74) is 2.14. The molecule has 1 amide bonds. The Morgan fingerprint density at radius 2 is 1.83 bits per heavy atom. The molecular weight excluding hydrogens is 224 g/mol. The number of hydrogen-bond acceptors (Lipinski definition) is 2. The number of rotatable bonds is 6. The van der Waals surface area contributed by atoms with Gasteiger partial charge in [0.1, 0.15) is 0 Å². The third-order valence-corrected chi connectivity index (χ3v) is 3.00. The van der Waals surface area contributed by atoms with Crippen molar-refractivity contribution in [1.82, 2.24) is 5.32 Å². The molecule has 0 radical (unpaired) electrons. The Morgan fingerprint density at radius 3 is 2.28 bits per heavy atom. The van der Waals surface area contributed by atoms with Gasteiger partial charge in [-0.05, 0) is 43.5 Å². The van der Waals surface area contributed by atoms with Crippen LogP contribution >= 0.6 is 0 Å². The first-order chi connectivity index (χ1) is 8.56. The molecule has 0 fully saturated rings. The normalized spacial score (nSPS) is 12.5. The molecule has 1 aromatic carbocycles. The van der Waals surface area contributed by atoms with Gasteiger partial charge in [-0.1, -0.05) is 32.9 Å².